The Kier molecular flexibility index (Phi) is 12.9. The summed E-state index contributed by atoms with van der Waals surface area (Å²) >= 11 is 1.41. The van der Waals surface area contributed by atoms with Crippen molar-refractivity contribution in [2.24, 2.45) is 11.7 Å². The van der Waals surface area contributed by atoms with Crippen LogP contribution in [0, 0.1) is 5.92 Å². The third kappa shape index (κ3) is 10.2. The van der Waals surface area contributed by atoms with E-state index in [2.05, 4.69) is 20.9 Å². The number of thioether (sulfide) groups is 1. The summed E-state index contributed by atoms with van der Waals surface area (Å²) in [5.41, 5.74) is 7.95. The lowest BCUT2D eigenvalue weighted by atomic mass is 10.0. The van der Waals surface area contributed by atoms with Gasteiger partial charge >= 0.3 is 11.9 Å². The predicted octanol–water partition coefficient (Wildman–Crippen LogP) is 1.24. The summed E-state index contributed by atoms with van der Waals surface area (Å²) < 4.78 is 0. The quantitative estimate of drug-likeness (QED) is 0.144. The number of aliphatic carboxylic acids is 2. The average molecular weight is 578 g/mol. The molecule has 8 N–H and O–H groups in total. The Hall–Kier alpha value is -3.58. The fourth-order valence-electron chi connectivity index (χ4n) is 4.19. The van der Waals surface area contributed by atoms with Gasteiger partial charge in [0.25, 0.3) is 0 Å². The smallest absolute Gasteiger partial charge is 0.326 e. The maximum Gasteiger partial charge on any atom is 0.326 e. The van der Waals surface area contributed by atoms with Crippen LogP contribution < -0.4 is 21.7 Å². The summed E-state index contributed by atoms with van der Waals surface area (Å²) in [5, 5.41) is 27.1. The van der Waals surface area contributed by atoms with Gasteiger partial charge in [0.15, 0.2) is 0 Å². The van der Waals surface area contributed by atoms with Crippen molar-refractivity contribution in [2.45, 2.75) is 70.1 Å². The van der Waals surface area contributed by atoms with E-state index in [0.29, 0.717) is 5.75 Å². The van der Waals surface area contributed by atoms with Crippen molar-refractivity contribution in [3.63, 3.8) is 0 Å². The number of benzene rings is 1. The lowest BCUT2D eigenvalue weighted by Crippen LogP contribution is -2.57. The zero-order valence-electron chi connectivity index (χ0n) is 22.9. The highest BCUT2D eigenvalue weighted by Gasteiger charge is 2.31. The second kappa shape index (κ2) is 15.9. The molecule has 2 rings (SSSR count). The molecule has 0 aliphatic heterocycles. The molecule has 13 heteroatoms. The van der Waals surface area contributed by atoms with Gasteiger partial charge in [-0.25, -0.2) is 4.79 Å². The first-order valence-corrected chi connectivity index (χ1v) is 14.5. The van der Waals surface area contributed by atoms with E-state index in [0.717, 1.165) is 16.5 Å². The lowest BCUT2D eigenvalue weighted by molar-refractivity contribution is -0.143. The van der Waals surface area contributed by atoms with Crippen LogP contribution in [0.3, 0.4) is 0 Å². The standard InChI is InChI=1S/C27H39N5O7S/c1-15(2)12-22(32-24(35)18(28)13-16-14-29-19-7-5-4-6-17(16)19)26(37)30-20(8-9-23(33)34)25(36)31-21(27(38)39)10-11-40-3/h4-7,14-15,18,20-22,29H,8-13,28H2,1-3H3,(H,30,37)(H,31,36)(H,32,35)(H,33,34)(H,38,39). The summed E-state index contributed by atoms with van der Waals surface area (Å²) in [6.07, 6.45) is 3.50. The molecule has 0 aliphatic rings. The van der Waals surface area contributed by atoms with Gasteiger partial charge in [0, 0.05) is 23.5 Å². The van der Waals surface area contributed by atoms with Gasteiger partial charge in [-0.2, -0.15) is 11.8 Å². The monoisotopic (exact) mass is 577 g/mol. The highest BCUT2D eigenvalue weighted by molar-refractivity contribution is 7.98. The molecule has 3 amide bonds. The maximum atomic E-state index is 13.3. The van der Waals surface area contributed by atoms with Crippen LogP contribution in [0.5, 0.6) is 0 Å². The van der Waals surface area contributed by atoms with Gasteiger partial charge in [-0.1, -0.05) is 32.0 Å². The number of aromatic amines is 1. The van der Waals surface area contributed by atoms with E-state index in [1.165, 1.54) is 11.8 Å². The number of carbonyl (C=O) groups is 5. The molecule has 0 saturated carbocycles. The van der Waals surface area contributed by atoms with Crippen LogP contribution in [0.4, 0.5) is 0 Å². The molecule has 1 heterocycles. The Labute approximate surface area is 237 Å². The number of H-pyrrole nitrogens is 1. The van der Waals surface area contributed by atoms with Crippen LogP contribution in [0.1, 0.15) is 45.1 Å². The Morgan fingerprint density at radius 3 is 2.17 bits per heavy atom. The van der Waals surface area contributed by atoms with Crippen molar-refractivity contribution in [1.82, 2.24) is 20.9 Å². The summed E-state index contributed by atoms with van der Waals surface area (Å²) in [6.45, 7) is 3.71. The van der Waals surface area contributed by atoms with Gasteiger partial charge in [0.1, 0.15) is 18.1 Å². The summed E-state index contributed by atoms with van der Waals surface area (Å²) in [5.74, 6) is -4.02. The number of fused-ring (bicyclic) bond motifs is 1. The second-order valence-electron chi connectivity index (χ2n) is 10.0. The second-order valence-corrected chi connectivity index (χ2v) is 11.0. The van der Waals surface area contributed by atoms with E-state index in [1.54, 1.807) is 12.5 Å². The van der Waals surface area contributed by atoms with Crippen molar-refractivity contribution < 1.29 is 34.2 Å². The minimum atomic E-state index is -1.31. The van der Waals surface area contributed by atoms with E-state index in [4.69, 9.17) is 10.8 Å². The topological polar surface area (TPSA) is 204 Å². The fraction of sp³-hybridized carbons (Fsp3) is 0.519. The number of carboxylic acid groups (broad SMARTS) is 2. The van der Waals surface area contributed by atoms with Crippen LogP contribution in [0.25, 0.3) is 10.9 Å². The third-order valence-corrected chi connectivity index (χ3v) is 6.94. The molecule has 0 spiro atoms. The maximum absolute atomic E-state index is 13.3. The molecule has 2 aromatic rings. The molecule has 0 fully saturated rings. The van der Waals surface area contributed by atoms with E-state index in [1.807, 2.05) is 38.1 Å². The van der Waals surface area contributed by atoms with Crippen LogP contribution in [-0.2, 0) is 30.4 Å². The minimum Gasteiger partial charge on any atom is -0.481 e. The molecular formula is C27H39N5O7S. The summed E-state index contributed by atoms with van der Waals surface area (Å²) in [7, 11) is 0. The zero-order chi connectivity index (χ0) is 29.8. The van der Waals surface area contributed by atoms with Crippen LogP contribution in [0.15, 0.2) is 30.5 Å². The molecule has 0 bridgehead atoms. The Morgan fingerprint density at radius 2 is 1.55 bits per heavy atom. The molecule has 0 aliphatic carbocycles. The molecule has 0 radical (unpaired) electrons. The molecule has 4 atom stereocenters. The Balaban J connectivity index is 2.14. The van der Waals surface area contributed by atoms with Gasteiger partial charge in [-0.15, -0.1) is 0 Å². The van der Waals surface area contributed by atoms with Gasteiger partial charge in [0.2, 0.25) is 17.7 Å². The van der Waals surface area contributed by atoms with E-state index >= 15 is 0 Å². The SMILES string of the molecule is CSCCC(NC(=O)C(CCC(=O)O)NC(=O)C(CC(C)C)NC(=O)C(N)Cc1c[nH]c2ccccc12)C(=O)O. The van der Waals surface area contributed by atoms with Crippen molar-refractivity contribution in [2.75, 3.05) is 12.0 Å². The van der Waals surface area contributed by atoms with E-state index in [9.17, 15) is 29.1 Å². The predicted molar refractivity (Wildman–Crippen MR) is 153 cm³/mol. The number of nitrogens with one attached hydrogen (secondary N) is 4. The summed E-state index contributed by atoms with van der Waals surface area (Å²) in [4.78, 5) is 65.1. The fourth-order valence-corrected chi connectivity index (χ4v) is 4.66. The average Bonchev–Trinajstić information content (AvgIpc) is 3.30. The number of para-hydroxylation sites is 1. The van der Waals surface area contributed by atoms with Crippen molar-refractivity contribution in [3.05, 3.63) is 36.0 Å². The molecule has 4 unspecified atom stereocenters. The van der Waals surface area contributed by atoms with E-state index in [-0.39, 0.29) is 31.6 Å². The lowest BCUT2D eigenvalue weighted by Gasteiger charge is -2.26. The normalized spacial score (nSPS) is 14.2. The number of carbonyl (C=O) groups excluding carboxylic acids is 3. The first kappa shape index (κ1) is 32.6. The zero-order valence-corrected chi connectivity index (χ0v) is 23.8. The van der Waals surface area contributed by atoms with Crippen LogP contribution in [-0.4, -0.2) is 81.0 Å². The highest BCUT2D eigenvalue weighted by atomic mass is 32.2. The minimum absolute atomic E-state index is 0.0184. The van der Waals surface area contributed by atoms with Crippen LogP contribution in [0.2, 0.25) is 0 Å². The van der Waals surface area contributed by atoms with Crippen molar-refractivity contribution in [3.8, 4) is 0 Å². The number of amides is 3. The van der Waals surface area contributed by atoms with Crippen LogP contribution >= 0.6 is 11.8 Å². The summed E-state index contributed by atoms with van der Waals surface area (Å²) in [6, 6.07) is 3.08. The van der Waals surface area contributed by atoms with Gasteiger partial charge in [0.05, 0.1) is 6.04 Å². The number of rotatable bonds is 17. The third-order valence-electron chi connectivity index (χ3n) is 6.30. The Morgan fingerprint density at radius 1 is 0.925 bits per heavy atom. The number of carboxylic acids is 2. The molecule has 1 aromatic carbocycles. The number of hydrogen-bond acceptors (Lipinski definition) is 7. The Bertz CT molecular complexity index is 1180. The van der Waals surface area contributed by atoms with Gasteiger partial charge in [-0.05, 0) is 55.2 Å². The van der Waals surface area contributed by atoms with Crippen molar-refractivity contribution >= 4 is 52.3 Å². The largest absolute Gasteiger partial charge is 0.481 e. The molecule has 40 heavy (non-hydrogen) atoms. The molecule has 0 saturated heterocycles. The first-order valence-electron chi connectivity index (χ1n) is 13.1. The van der Waals surface area contributed by atoms with E-state index < -0.39 is 60.2 Å². The number of hydrogen-bond donors (Lipinski definition) is 7. The first-order chi connectivity index (χ1) is 18.9. The van der Waals surface area contributed by atoms with Crippen molar-refractivity contribution in [1.29, 1.82) is 0 Å². The number of aromatic nitrogens is 1. The highest BCUT2D eigenvalue weighted by Crippen LogP contribution is 2.19. The van der Waals surface area contributed by atoms with Gasteiger partial charge in [-0.3, -0.25) is 19.2 Å². The molecule has 220 valence electrons. The molecule has 1 aromatic heterocycles. The number of nitrogens with two attached hydrogens (primary N) is 1. The molecule has 12 nitrogen and oxygen atoms in total. The molecular weight excluding hydrogens is 538 g/mol. The van der Waals surface area contributed by atoms with Gasteiger partial charge < -0.3 is 36.9 Å².